The molecule has 0 heterocycles. The van der Waals surface area contributed by atoms with Crippen LogP contribution in [0.3, 0.4) is 0 Å². The number of rotatable bonds is 5. The fraction of sp³-hybridized carbons (Fsp3) is 0.900. The lowest BCUT2D eigenvalue weighted by molar-refractivity contribution is -0.202. The highest BCUT2D eigenvalue weighted by Crippen LogP contribution is 2.29. The molecule has 0 aliphatic heterocycles. The van der Waals surface area contributed by atoms with Gasteiger partial charge in [-0.1, -0.05) is 0 Å². The lowest BCUT2D eigenvalue weighted by Crippen LogP contribution is -2.58. The Hall–Kier alpha value is -0.820. The van der Waals surface area contributed by atoms with Gasteiger partial charge in [-0.3, -0.25) is 0 Å². The smallest absolute Gasteiger partial charge is 0.416 e. The Balaban J connectivity index is 4.30. The van der Waals surface area contributed by atoms with Crippen molar-refractivity contribution in [2.75, 3.05) is 13.7 Å². The zero-order valence-corrected chi connectivity index (χ0v) is 10.4. The van der Waals surface area contributed by atoms with Gasteiger partial charge < -0.3 is 15.2 Å². The van der Waals surface area contributed by atoms with Crippen LogP contribution in [0, 0.1) is 0 Å². The van der Waals surface area contributed by atoms with Gasteiger partial charge in [0.05, 0.1) is 12.2 Å². The van der Waals surface area contributed by atoms with E-state index in [4.69, 9.17) is 10.5 Å². The van der Waals surface area contributed by atoms with Crippen LogP contribution in [0.2, 0.25) is 0 Å². The summed E-state index contributed by atoms with van der Waals surface area (Å²) in [5.74, 6) is -1.49. The van der Waals surface area contributed by atoms with E-state index in [2.05, 4.69) is 4.74 Å². The first-order valence-corrected chi connectivity index (χ1v) is 5.02. The summed E-state index contributed by atoms with van der Waals surface area (Å²) in [4.78, 5) is 11.2. The Labute approximate surface area is 98.2 Å². The quantitative estimate of drug-likeness (QED) is 0.760. The van der Waals surface area contributed by atoms with Crippen LogP contribution in [0.25, 0.3) is 0 Å². The molecule has 4 nitrogen and oxygen atoms in total. The molecule has 0 fully saturated rings. The van der Waals surface area contributed by atoms with Gasteiger partial charge in [0.15, 0.2) is 0 Å². The number of carbonyl (C=O) groups excluding carboxylic acids is 1. The molecule has 0 amide bonds. The summed E-state index contributed by atoms with van der Waals surface area (Å²) >= 11 is 0. The number of alkyl halides is 3. The summed E-state index contributed by atoms with van der Waals surface area (Å²) in [5, 5.41) is 0. The molecular weight excluding hydrogens is 239 g/mol. The van der Waals surface area contributed by atoms with Gasteiger partial charge in [-0.25, -0.2) is 4.79 Å². The van der Waals surface area contributed by atoms with Crippen LogP contribution >= 0.6 is 0 Å². The maximum absolute atomic E-state index is 12.4. The predicted octanol–water partition coefficient (Wildman–Crippen LogP) is 1.62. The lowest BCUT2D eigenvalue weighted by Gasteiger charge is -2.27. The standard InChI is InChI=1S/C10H18F3NO3/c1-8(2,16-4)5-6-17-7(15)9(3,14)10(11,12)13/h5-6,14H2,1-4H3. The molecule has 0 aromatic carbocycles. The van der Waals surface area contributed by atoms with Crippen molar-refractivity contribution >= 4 is 5.97 Å². The van der Waals surface area contributed by atoms with E-state index in [9.17, 15) is 18.0 Å². The van der Waals surface area contributed by atoms with Gasteiger partial charge in [0, 0.05) is 13.5 Å². The number of esters is 1. The van der Waals surface area contributed by atoms with Gasteiger partial charge in [-0.05, 0) is 20.8 Å². The van der Waals surface area contributed by atoms with Crippen molar-refractivity contribution in [3.8, 4) is 0 Å². The third kappa shape index (κ3) is 4.51. The molecule has 0 bridgehead atoms. The van der Waals surface area contributed by atoms with Crippen LogP contribution in [0.1, 0.15) is 27.2 Å². The Bertz CT molecular complexity index is 274. The first kappa shape index (κ1) is 16.2. The molecule has 1 unspecified atom stereocenters. The summed E-state index contributed by atoms with van der Waals surface area (Å²) in [6, 6.07) is 0. The van der Waals surface area contributed by atoms with E-state index < -0.39 is 23.3 Å². The number of methoxy groups -OCH3 is 1. The third-order valence-corrected chi connectivity index (χ3v) is 2.50. The Kier molecular flexibility index (Phi) is 4.97. The molecule has 2 N–H and O–H groups in total. The summed E-state index contributed by atoms with van der Waals surface area (Å²) in [6.07, 6.45) is -4.55. The average Bonchev–Trinajstić information content (AvgIpc) is 2.15. The molecule has 0 spiro atoms. The van der Waals surface area contributed by atoms with Gasteiger partial charge in [0.2, 0.25) is 5.54 Å². The lowest BCUT2D eigenvalue weighted by atomic mass is 10.0. The van der Waals surface area contributed by atoms with E-state index in [0.717, 1.165) is 0 Å². The molecule has 0 saturated heterocycles. The highest BCUT2D eigenvalue weighted by Gasteiger charge is 2.55. The molecule has 0 aromatic heterocycles. The normalized spacial score (nSPS) is 16.5. The largest absolute Gasteiger partial charge is 0.464 e. The maximum Gasteiger partial charge on any atom is 0.416 e. The fourth-order valence-electron chi connectivity index (χ4n) is 0.757. The number of halogens is 3. The van der Waals surface area contributed by atoms with Gasteiger partial charge in [0.25, 0.3) is 0 Å². The second-order valence-electron chi connectivity index (χ2n) is 4.55. The van der Waals surface area contributed by atoms with Crippen LogP contribution in [0.5, 0.6) is 0 Å². The zero-order chi connectivity index (χ0) is 13.9. The number of carbonyl (C=O) groups is 1. The molecule has 0 aliphatic rings. The van der Waals surface area contributed by atoms with Crippen molar-refractivity contribution in [1.82, 2.24) is 0 Å². The number of nitrogens with two attached hydrogens (primary N) is 1. The first-order valence-electron chi connectivity index (χ1n) is 5.02. The van der Waals surface area contributed by atoms with Gasteiger partial charge >= 0.3 is 12.1 Å². The van der Waals surface area contributed by atoms with Crippen molar-refractivity contribution in [2.24, 2.45) is 5.73 Å². The second kappa shape index (κ2) is 5.22. The van der Waals surface area contributed by atoms with Gasteiger partial charge in [-0.15, -0.1) is 0 Å². The van der Waals surface area contributed by atoms with Crippen molar-refractivity contribution in [1.29, 1.82) is 0 Å². The van der Waals surface area contributed by atoms with E-state index in [1.54, 1.807) is 13.8 Å². The number of ether oxygens (including phenoxy) is 2. The van der Waals surface area contributed by atoms with E-state index in [0.29, 0.717) is 6.92 Å². The van der Waals surface area contributed by atoms with Crippen molar-refractivity contribution in [3.63, 3.8) is 0 Å². The van der Waals surface area contributed by atoms with Crippen LogP contribution in [-0.2, 0) is 14.3 Å². The molecule has 7 heteroatoms. The molecule has 102 valence electrons. The van der Waals surface area contributed by atoms with Crippen LogP contribution in [0.4, 0.5) is 13.2 Å². The van der Waals surface area contributed by atoms with Crippen molar-refractivity contribution in [2.45, 2.75) is 44.5 Å². The van der Waals surface area contributed by atoms with E-state index in [1.165, 1.54) is 7.11 Å². The molecule has 0 aromatic rings. The minimum absolute atomic E-state index is 0.178. The molecule has 0 rings (SSSR count). The molecule has 1 atom stereocenters. The molecular formula is C10H18F3NO3. The van der Waals surface area contributed by atoms with Crippen LogP contribution in [-0.4, -0.2) is 37.0 Å². The minimum atomic E-state index is -4.83. The summed E-state index contributed by atoms with van der Waals surface area (Å²) < 4.78 is 46.6. The summed E-state index contributed by atoms with van der Waals surface area (Å²) in [5.41, 5.74) is 1.34. The molecule has 0 saturated carbocycles. The monoisotopic (exact) mass is 257 g/mol. The third-order valence-electron chi connectivity index (χ3n) is 2.50. The van der Waals surface area contributed by atoms with Gasteiger partial charge in [0.1, 0.15) is 0 Å². The van der Waals surface area contributed by atoms with Crippen LogP contribution < -0.4 is 5.73 Å². The second-order valence-corrected chi connectivity index (χ2v) is 4.55. The summed E-state index contributed by atoms with van der Waals surface area (Å²) in [6.45, 7) is 3.86. The Morgan fingerprint density at radius 2 is 1.71 bits per heavy atom. The topological polar surface area (TPSA) is 61.5 Å². The predicted molar refractivity (Wildman–Crippen MR) is 55.3 cm³/mol. The zero-order valence-electron chi connectivity index (χ0n) is 10.4. The molecule has 0 radical (unpaired) electrons. The number of hydrogen-bond donors (Lipinski definition) is 1. The average molecular weight is 257 g/mol. The number of hydrogen-bond acceptors (Lipinski definition) is 4. The first-order chi connectivity index (χ1) is 7.44. The SMILES string of the molecule is COC(C)(C)CCOC(=O)C(C)(N)C(F)(F)F. The van der Waals surface area contributed by atoms with Gasteiger partial charge in [-0.2, -0.15) is 13.2 Å². The maximum atomic E-state index is 12.4. The minimum Gasteiger partial charge on any atom is -0.464 e. The highest BCUT2D eigenvalue weighted by atomic mass is 19.4. The van der Waals surface area contributed by atoms with E-state index in [-0.39, 0.29) is 13.0 Å². The Morgan fingerprint density at radius 3 is 2.06 bits per heavy atom. The van der Waals surface area contributed by atoms with E-state index >= 15 is 0 Å². The highest BCUT2D eigenvalue weighted by molar-refractivity contribution is 5.81. The fourth-order valence-corrected chi connectivity index (χ4v) is 0.757. The molecule has 0 aliphatic carbocycles. The molecule has 17 heavy (non-hydrogen) atoms. The summed E-state index contributed by atoms with van der Waals surface area (Å²) in [7, 11) is 1.46. The Morgan fingerprint density at radius 1 is 1.24 bits per heavy atom. The van der Waals surface area contributed by atoms with Crippen molar-refractivity contribution < 1.29 is 27.4 Å². The van der Waals surface area contributed by atoms with Crippen molar-refractivity contribution in [3.05, 3.63) is 0 Å². The van der Waals surface area contributed by atoms with Crippen LogP contribution in [0.15, 0.2) is 0 Å². The van der Waals surface area contributed by atoms with E-state index in [1.807, 2.05) is 0 Å².